The quantitative estimate of drug-likeness (QED) is 0.664. The molecule has 4 nitrogen and oxygen atoms in total. The molecule has 0 saturated heterocycles. The summed E-state index contributed by atoms with van der Waals surface area (Å²) in [6, 6.07) is 4.57. The molecule has 1 unspecified atom stereocenters. The third-order valence-corrected chi connectivity index (χ3v) is 1.54. The smallest absolute Gasteiger partial charge is 0.157 e. The molecular weight excluding hydrogens is 197 g/mol. The molecule has 0 fully saturated rings. The highest BCUT2D eigenvalue weighted by Gasteiger charge is 2.04. The van der Waals surface area contributed by atoms with Crippen molar-refractivity contribution in [1.82, 2.24) is 0 Å². The van der Waals surface area contributed by atoms with Crippen molar-refractivity contribution in [2.45, 2.75) is 0 Å². The van der Waals surface area contributed by atoms with Crippen LogP contribution >= 0.6 is 0 Å². The van der Waals surface area contributed by atoms with Gasteiger partial charge in [0.25, 0.3) is 0 Å². The molecule has 0 bridgehead atoms. The van der Waals surface area contributed by atoms with E-state index in [0.717, 1.165) is 18.2 Å². The van der Waals surface area contributed by atoms with Crippen LogP contribution in [0.15, 0.2) is 18.2 Å². The third kappa shape index (κ3) is 2.50. The van der Waals surface area contributed by atoms with Gasteiger partial charge in [-0.3, -0.25) is 0 Å². The minimum absolute atomic E-state index is 0.163. The normalized spacial score (nSPS) is 11.8. The zero-order chi connectivity index (χ0) is 9.84. The van der Waals surface area contributed by atoms with Crippen molar-refractivity contribution >= 4 is 11.4 Å². The van der Waals surface area contributed by atoms with Gasteiger partial charge in [0, 0.05) is 0 Å². The van der Waals surface area contributed by atoms with Gasteiger partial charge >= 0.3 is 0 Å². The van der Waals surface area contributed by atoms with Gasteiger partial charge in [0.05, 0.1) is 5.56 Å². The lowest BCUT2D eigenvalue weighted by Crippen LogP contribution is -1.99. The maximum absolute atomic E-state index is 12.5. The molecule has 0 spiro atoms. The Bertz CT molecular complexity index is 388. The van der Waals surface area contributed by atoms with Crippen LogP contribution in [-0.4, -0.2) is 8.76 Å². The van der Waals surface area contributed by atoms with E-state index in [1.807, 2.05) is 0 Å². The topological polar surface area (TPSA) is 73.1 Å². The minimum Gasteiger partial charge on any atom is -0.740 e. The van der Waals surface area contributed by atoms with E-state index in [1.54, 1.807) is 6.07 Å². The summed E-state index contributed by atoms with van der Waals surface area (Å²) < 4.78 is 36.9. The van der Waals surface area contributed by atoms with Crippen molar-refractivity contribution in [2.24, 2.45) is 0 Å². The van der Waals surface area contributed by atoms with E-state index in [1.165, 1.54) is 0 Å². The van der Waals surface area contributed by atoms with Gasteiger partial charge in [0.1, 0.15) is 23.2 Å². The van der Waals surface area contributed by atoms with E-state index in [2.05, 4.69) is 4.18 Å². The number of benzene rings is 1. The number of nitriles is 1. The Kier molecular flexibility index (Phi) is 2.95. The maximum atomic E-state index is 12.5. The van der Waals surface area contributed by atoms with Crippen LogP contribution in [0, 0.1) is 17.1 Å². The van der Waals surface area contributed by atoms with Crippen LogP contribution in [0.2, 0.25) is 0 Å². The van der Waals surface area contributed by atoms with Crippen LogP contribution in [0.3, 0.4) is 0 Å². The van der Waals surface area contributed by atoms with Gasteiger partial charge in [0.15, 0.2) is 5.75 Å². The fraction of sp³-hybridized carbons (Fsp3) is 0. The summed E-state index contributed by atoms with van der Waals surface area (Å²) >= 11 is -2.76. The van der Waals surface area contributed by atoms with Crippen LogP contribution < -0.4 is 4.18 Å². The molecule has 0 aliphatic carbocycles. The number of rotatable bonds is 2. The van der Waals surface area contributed by atoms with Crippen LogP contribution in [0.4, 0.5) is 4.39 Å². The van der Waals surface area contributed by atoms with Crippen LogP contribution in [0.5, 0.6) is 5.75 Å². The highest BCUT2D eigenvalue weighted by atomic mass is 32.2. The van der Waals surface area contributed by atoms with E-state index >= 15 is 0 Å². The molecule has 0 aromatic heterocycles. The number of halogens is 1. The van der Waals surface area contributed by atoms with Gasteiger partial charge < -0.3 is 8.74 Å². The summed E-state index contributed by atoms with van der Waals surface area (Å²) in [4.78, 5) is 0. The summed E-state index contributed by atoms with van der Waals surface area (Å²) in [5.41, 5.74) is -0.163. The Labute approximate surface area is 76.1 Å². The molecule has 0 aliphatic rings. The standard InChI is InChI=1S/C7H4FNO3S/c8-6-1-2-7(12-13(10)11)5(3-6)4-9/h1-3H,(H,10,11)/p-1. The van der Waals surface area contributed by atoms with Gasteiger partial charge in [-0.15, -0.1) is 0 Å². The Morgan fingerprint density at radius 3 is 2.85 bits per heavy atom. The number of hydrogen-bond donors (Lipinski definition) is 0. The van der Waals surface area contributed by atoms with E-state index in [-0.39, 0.29) is 11.3 Å². The predicted molar refractivity (Wildman–Crippen MR) is 40.7 cm³/mol. The summed E-state index contributed by atoms with van der Waals surface area (Å²) in [6.45, 7) is 0. The van der Waals surface area contributed by atoms with E-state index < -0.39 is 17.2 Å². The molecule has 1 aromatic rings. The largest absolute Gasteiger partial charge is 0.740 e. The molecule has 6 heteroatoms. The summed E-state index contributed by atoms with van der Waals surface area (Å²) in [7, 11) is 0. The molecule has 13 heavy (non-hydrogen) atoms. The van der Waals surface area contributed by atoms with Crippen molar-refractivity contribution in [3.8, 4) is 11.8 Å². The van der Waals surface area contributed by atoms with Crippen molar-refractivity contribution in [3.05, 3.63) is 29.6 Å². The van der Waals surface area contributed by atoms with E-state index in [9.17, 15) is 13.2 Å². The first kappa shape index (κ1) is 9.64. The Morgan fingerprint density at radius 1 is 1.62 bits per heavy atom. The molecule has 68 valence electrons. The zero-order valence-electron chi connectivity index (χ0n) is 6.19. The third-order valence-electron chi connectivity index (χ3n) is 1.22. The van der Waals surface area contributed by atoms with Crippen LogP contribution in [-0.2, 0) is 11.4 Å². The second-order valence-corrected chi connectivity index (χ2v) is 2.61. The average molecular weight is 200 g/mol. The molecule has 0 aliphatic heterocycles. The molecule has 0 saturated carbocycles. The van der Waals surface area contributed by atoms with Crippen LogP contribution in [0.1, 0.15) is 5.56 Å². The van der Waals surface area contributed by atoms with E-state index in [0.29, 0.717) is 0 Å². The van der Waals surface area contributed by atoms with Gasteiger partial charge in [-0.25, -0.2) is 8.60 Å². The molecule has 0 amide bonds. The van der Waals surface area contributed by atoms with Crippen molar-refractivity contribution in [2.75, 3.05) is 0 Å². The highest BCUT2D eigenvalue weighted by Crippen LogP contribution is 2.18. The maximum Gasteiger partial charge on any atom is 0.157 e. The zero-order valence-corrected chi connectivity index (χ0v) is 7.01. The fourth-order valence-corrected chi connectivity index (χ4v) is 1.03. The summed E-state index contributed by atoms with van der Waals surface area (Å²) in [6.07, 6.45) is 0. The molecular formula is C7H3FNO3S-. The minimum atomic E-state index is -2.76. The van der Waals surface area contributed by atoms with Crippen molar-refractivity contribution < 1.29 is 17.3 Å². The van der Waals surface area contributed by atoms with Gasteiger partial charge in [-0.05, 0) is 18.2 Å². The lowest BCUT2D eigenvalue weighted by atomic mass is 10.2. The van der Waals surface area contributed by atoms with Crippen molar-refractivity contribution in [3.63, 3.8) is 0 Å². The van der Waals surface area contributed by atoms with Gasteiger partial charge in [-0.2, -0.15) is 5.26 Å². The SMILES string of the molecule is N#Cc1cc(F)ccc1OS(=O)[O-]. The summed E-state index contributed by atoms with van der Waals surface area (Å²) in [5.74, 6) is -0.808. The van der Waals surface area contributed by atoms with Crippen LogP contribution in [0.25, 0.3) is 0 Å². The number of nitrogens with zero attached hydrogens (tertiary/aromatic N) is 1. The Hall–Kier alpha value is -1.45. The average Bonchev–Trinajstić information content (AvgIpc) is 2.07. The molecule has 1 aromatic carbocycles. The summed E-state index contributed by atoms with van der Waals surface area (Å²) in [5, 5.41) is 8.46. The van der Waals surface area contributed by atoms with Gasteiger partial charge in [0.2, 0.25) is 0 Å². The molecule has 0 heterocycles. The van der Waals surface area contributed by atoms with Crippen molar-refractivity contribution in [1.29, 1.82) is 5.26 Å². The number of hydrogen-bond acceptors (Lipinski definition) is 4. The lowest BCUT2D eigenvalue weighted by molar-refractivity contribution is 0.439. The fourth-order valence-electron chi connectivity index (χ4n) is 0.736. The first-order valence-corrected chi connectivity index (χ1v) is 4.10. The molecule has 0 radical (unpaired) electrons. The van der Waals surface area contributed by atoms with Gasteiger partial charge in [-0.1, -0.05) is 0 Å². The molecule has 1 atom stereocenters. The highest BCUT2D eigenvalue weighted by molar-refractivity contribution is 7.74. The molecule has 1 rings (SSSR count). The second-order valence-electron chi connectivity index (χ2n) is 2.04. The Balaban J connectivity index is 3.08. The first-order valence-electron chi connectivity index (χ1n) is 3.10. The van der Waals surface area contributed by atoms with E-state index in [4.69, 9.17) is 5.26 Å². The predicted octanol–water partition coefficient (Wildman–Crippen LogP) is 0.870. The Morgan fingerprint density at radius 2 is 2.31 bits per heavy atom. The molecule has 0 N–H and O–H groups in total. The monoisotopic (exact) mass is 200 g/mol. The lowest BCUT2D eigenvalue weighted by Gasteiger charge is -2.07. The first-order chi connectivity index (χ1) is 6.13. The second kappa shape index (κ2) is 3.98.